The predicted octanol–water partition coefficient (Wildman–Crippen LogP) is 3.94. The molecule has 115 valence electrons. The van der Waals surface area contributed by atoms with Crippen molar-refractivity contribution in [2.75, 3.05) is 11.4 Å². The van der Waals surface area contributed by atoms with Crippen LogP contribution in [0.1, 0.15) is 19.4 Å². The fourth-order valence-electron chi connectivity index (χ4n) is 2.62. The van der Waals surface area contributed by atoms with E-state index in [9.17, 15) is 4.79 Å². The molecular formula is C18H17IrN2O-. The van der Waals surface area contributed by atoms with Gasteiger partial charge in [-0.05, 0) is 23.3 Å². The molecule has 0 bridgehead atoms. The number of rotatable bonds is 2. The van der Waals surface area contributed by atoms with Crippen LogP contribution in [-0.2, 0) is 20.1 Å². The number of benzene rings is 2. The Bertz CT molecular complexity index is 681. The van der Waals surface area contributed by atoms with E-state index in [0.717, 1.165) is 17.0 Å². The van der Waals surface area contributed by atoms with Crippen LogP contribution in [-0.4, -0.2) is 18.3 Å². The largest absolute Gasteiger partial charge is 0.338 e. The van der Waals surface area contributed by atoms with Gasteiger partial charge in [0, 0.05) is 32.3 Å². The SMILES string of the molecule is CC1(C)CN(c2ccccc2)C(=O)N=C1c1[c-]cccc1.[Ir]. The number of carbonyl (C=O) groups excluding carboxylic acids is 1. The Morgan fingerprint density at radius 1 is 1.09 bits per heavy atom. The summed E-state index contributed by atoms with van der Waals surface area (Å²) in [5, 5.41) is 0. The van der Waals surface area contributed by atoms with Crippen molar-refractivity contribution < 1.29 is 24.9 Å². The summed E-state index contributed by atoms with van der Waals surface area (Å²) >= 11 is 0. The van der Waals surface area contributed by atoms with Crippen LogP contribution in [0.25, 0.3) is 0 Å². The normalized spacial score (nSPS) is 16.7. The first-order valence-corrected chi connectivity index (χ1v) is 7.01. The van der Waals surface area contributed by atoms with E-state index in [-0.39, 0.29) is 31.6 Å². The van der Waals surface area contributed by atoms with Crippen LogP contribution >= 0.6 is 0 Å². The van der Waals surface area contributed by atoms with Crippen molar-refractivity contribution in [3.05, 3.63) is 66.2 Å². The van der Waals surface area contributed by atoms with Gasteiger partial charge in [-0.3, -0.25) is 4.90 Å². The van der Waals surface area contributed by atoms with E-state index in [1.54, 1.807) is 4.90 Å². The molecule has 0 aromatic heterocycles. The van der Waals surface area contributed by atoms with Crippen LogP contribution in [0.15, 0.2) is 59.6 Å². The zero-order valence-corrected chi connectivity index (χ0v) is 14.9. The van der Waals surface area contributed by atoms with Crippen LogP contribution < -0.4 is 4.90 Å². The number of amides is 2. The molecular weight excluding hydrogens is 452 g/mol. The van der Waals surface area contributed by atoms with E-state index in [4.69, 9.17) is 0 Å². The number of para-hydroxylation sites is 1. The summed E-state index contributed by atoms with van der Waals surface area (Å²) in [7, 11) is 0. The van der Waals surface area contributed by atoms with Gasteiger partial charge < -0.3 is 0 Å². The minimum Gasteiger partial charge on any atom is -0.293 e. The van der Waals surface area contributed by atoms with Crippen LogP contribution in [0.4, 0.5) is 10.5 Å². The zero-order valence-electron chi connectivity index (χ0n) is 12.5. The Kier molecular flexibility index (Phi) is 4.94. The molecule has 1 aliphatic heterocycles. The Balaban J connectivity index is 0.00000176. The van der Waals surface area contributed by atoms with Gasteiger partial charge >= 0.3 is 6.03 Å². The fraction of sp³-hybridized carbons (Fsp3) is 0.222. The van der Waals surface area contributed by atoms with E-state index in [0.29, 0.717) is 6.54 Å². The summed E-state index contributed by atoms with van der Waals surface area (Å²) in [6, 6.07) is 20.3. The average molecular weight is 470 g/mol. The van der Waals surface area contributed by atoms with Gasteiger partial charge in [0.1, 0.15) is 0 Å². The molecule has 0 spiro atoms. The molecule has 0 saturated carbocycles. The molecule has 1 aliphatic rings. The predicted molar refractivity (Wildman–Crippen MR) is 84.8 cm³/mol. The average Bonchev–Trinajstić information content (AvgIpc) is 2.51. The Morgan fingerprint density at radius 3 is 2.41 bits per heavy atom. The third-order valence-electron chi connectivity index (χ3n) is 3.66. The van der Waals surface area contributed by atoms with E-state index in [1.165, 1.54) is 0 Å². The van der Waals surface area contributed by atoms with Crippen LogP contribution in [0, 0.1) is 11.5 Å². The molecule has 0 fully saturated rings. The van der Waals surface area contributed by atoms with E-state index >= 15 is 0 Å². The maximum atomic E-state index is 12.4. The third kappa shape index (κ3) is 3.18. The van der Waals surface area contributed by atoms with Crippen molar-refractivity contribution in [3.63, 3.8) is 0 Å². The first-order chi connectivity index (χ1) is 10.1. The molecule has 4 heteroatoms. The van der Waals surface area contributed by atoms with Gasteiger partial charge in [0.15, 0.2) is 0 Å². The third-order valence-corrected chi connectivity index (χ3v) is 3.66. The Hall–Kier alpha value is -1.77. The first kappa shape index (κ1) is 16.6. The molecule has 0 saturated heterocycles. The smallest absolute Gasteiger partial charge is 0.293 e. The maximum absolute atomic E-state index is 12.4. The quantitative estimate of drug-likeness (QED) is 0.614. The number of carbonyl (C=O) groups is 1. The van der Waals surface area contributed by atoms with Crippen molar-refractivity contribution in [2.45, 2.75) is 13.8 Å². The molecule has 0 unspecified atom stereocenters. The second-order valence-corrected chi connectivity index (χ2v) is 5.82. The number of hydrogen-bond donors (Lipinski definition) is 0. The second kappa shape index (κ2) is 6.55. The molecule has 3 rings (SSSR count). The Morgan fingerprint density at radius 2 is 1.77 bits per heavy atom. The minimum atomic E-state index is -0.221. The summed E-state index contributed by atoms with van der Waals surface area (Å²) in [6.45, 7) is 4.82. The number of hydrogen-bond acceptors (Lipinski definition) is 1. The molecule has 0 atom stereocenters. The fourth-order valence-corrected chi connectivity index (χ4v) is 2.62. The standard InChI is InChI=1S/C18H17N2O.Ir/c1-18(2)13-20(15-11-7-4-8-12-15)17(21)19-16(18)14-9-5-3-6-10-14;/h3-9,11-12H,13H2,1-2H3;/q-1;. The van der Waals surface area contributed by atoms with Crippen LogP contribution in [0.5, 0.6) is 0 Å². The van der Waals surface area contributed by atoms with Gasteiger partial charge in [-0.15, -0.1) is 35.9 Å². The topological polar surface area (TPSA) is 32.7 Å². The van der Waals surface area contributed by atoms with Gasteiger partial charge in [0.25, 0.3) is 0 Å². The van der Waals surface area contributed by atoms with E-state index in [1.807, 2.05) is 54.6 Å². The van der Waals surface area contributed by atoms with Gasteiger partial charge in [-0.25, -0.2) is 9.79 Å². The van der Waals surface area contributed by atoms with Crippen molar-refractivity contribution in [3.8, 4) is 0 Å². The monoisotopic (exact) mass is 470 g/mol. The molecule has 0 aliphatic carbocycles. The maximum Gasteiger partial charge on any atom is 0.338 e. The van der Waals surface area contributed by atoms with Crippen molar-refractivity contribution in [1.29, 1.82) is 0 Å². The van der Waals surface area contributed by atoms with Crippen molar-refractivity contribution in [2.24, 2.45) is 10.4 Å². The van der Waals surface area contributed by atoms with Crippen LogP contribution in [0.3, 0.4) is 0 Å². The molecule has 2 aromatic rings. The zero-order chi connectivity index (χ0) is 14.9. The van der Waals surface area contributed by atoms with E-state index in [2.05, 4.69) is 24.9 Å². The molecule has 3 nitrogen and oxygen atoms in total. The summed E-state index contributed by atoms with van der Waals surface area (Å²) < 4.78 is 0. The molecule has 22 heavy (non-hydrogen) atoms. The first-order valence-electron chi connectivity index (χ1n) is 7.01. The number of nitrogens with zero attached hydrogens (tertiary/aromatic N) is 2. The molecule has 0 N–H and O–H groups in total. The van der Waals surface area contributed by atoms with Crippen LogP contribution in [0.2, 0.25) is 0 Å². The second-order valence-electron chi connectivity index (χ2n) is 5.82. The number of aliphatic imine (C=N–C) groups is 1. The molecule has 1 heterocycles. The molecule has 1 radical (unpaired) electrons. The van der Waals surface area contributed by atoms with Gasteiger partial charge in [0.05, 0.1) is 0 Å². The summed E-state index contributed by atoms with van der Waals surface area (Å²) in [5.41, 5.74) is 2.36. The van der Waals surface area contributed by atoms with Gasteiger partial charge in [-0.1, -0.05) is 32.0 Å². The van der Waals surface area contributed by atoms with Gasteiger partial charge in [0.2, 0.25) is 0 Å². The van der Waals surface area contributed by atoms with E-state index < -0.39 is 0 Å². The Labute approximate surface area is 144 Å². The van der Waals surface area contributed by atoms with Gasteiger partial charge in [-0.2, -0.15) is 0 Å². The number of anilines is 1. The number of urea groups is 1. The molecule has 2 aromatic carbocycles. The summed E-state index contributed by atoms with van der Waals surface area (Å²) in [4.78, 5) is 18.5. The minimum absolute atomic E-state index is 0. The van der Waals surface area contributed by atoms with Crippen molar-refractivity contribution in [1.82, 2.24) is 0 Å². The summed E-state index contributed by atoms with van der Waals surface area (Å²) in [5.74, 6) is 0. The summed E-state index contributed by atoms with van der Waals surface area (Å²) in [6.07, 6.45) is 0. The van der Waals surface area contributed by atoms with Crippen molar-refractivity contribution >= 4 is 17.4 Å². The molecule has 2 amide bonds.